The highest BCUT2D eigenvalue weighted by atomic mass is 16.5. The van der Waals surface area contributed by atoms with Crippen LogP contribution in [0.3, 0.4) is 0 Å². The summed E-state index contributed by atoms with van der Waals surface area (Å²) in [5.41, 5.74) is 8.72. The number of nitrogens with zero attached hydrogens (tertiary/aromatic N) is 2. The van der Waals surface area contributed by atoms with E-state index in [-0.39, 0.29) is 5.97 Å². The average molecular weight is 245 g/mol. The first-order valence-corrected chi connectivity index (χ1v) is 5.70. The highest BCUT2D eigenvalue weighted by molar-refractivity contribution is 5.88. The van der Waals surface area contributed by atoms with Crippen LogP contribution in [0, 0.1) is 6.92 Å². The van der Waals surface area contributed by atoms with Gasteiger partial charge in [-0.1, -0.05) is 0 Å². The summed E-state index contributed by atoms with van der Waals surface area (Å²) in [6.45, 7) is 4.06. The molecule has 0 spiro atoms. The van der Waals surface area contributed by atoms with E-state index in [1.807, 2.05) is 19.1 Å². The maximum atomic E-state index is 11.5. The van der Waals surface area contributed by atoms with E-state index in [1.54, 1.807) is 23.9 Å². The number of anilines is 1. The molecular weight excluding hydrogens is 230 g/mol. The average Bonchev–Trinajstić information content (AvgIpc) is 2.78. The van der Waals surface area contributed by atoms with E-state index in [0.717, 1.165) is 11.3 Å². The number of nitrogens with two attached hydrogens (primary N) is 1. The second kappa shape index (κ2) is 4.91. The van der Waals surface area contributed by atoms with Gasteiger partial charge in [0.1, 0.15) is 0 Å². The molecule has 0 fully saturated rings. The first kappa shape index (κ1) is 12.2. The van der Waals surface area contributed by atoms with E-state index in [0.29, 0.717) is 17.9 Å². The third-order valence-corrected chi connectivity index (χ3v) is 2.56. The quantitative estimate of drug-likeness (QED) is 0.662. The monoisotopic (exact) mass is 245 g/mol. The normalized spacial score (nSPS) is 10.3. The molecule has 0 unspecified atom stereocenters. The van der Waals surface area contributed by atoms with Crippen molar-refractivity contribution in [2.24, 2.45) is 0 Å². The summed E-state index contributed by atoms with van der Waals surface area (Å²) in [5.74, 6) is -0.364. The lowest BCUT2D eigenvalue weighted by Crippen LogP contribution is -2.03. The van der Waals surface area contributed by atoms with E-state index in [4.69, 9.17) is 10.5 Å². The molecule has 2 aromatic rings. The molecule has 18 heavy (non-hydrogen) atoms. The molecule has 0 saturated carbocycles. The molecule has 1 heterocycles. The minimum atomic E-state index is -0.364. The number of aromatic nitrogens is 2. The van der Waals surface area contributed by atoms with Crippen LogP contribution in [0.25, 0.3) is 5.69 Å². The van der Waals surface area contributed by atoms with Crippen molar-refractivity contribution < 1.29 is 9.53 Å². The Morgan fingerprint density at radius 2 is 2.28 bits per heavy atom. The Balaban J connectivity index is 2.32. The Kier molecular flexibility index (Phi) is 3.32. The van der Waals surface area contributed by atoms with Gasteiger partial charge in [-0.15, -0.1) is 0 Å². The van der Waals surface area contributed by atoms with Crippen molar-refractivity contribution in [1.29, 1.82) is 0 Å². The van der Waals surface area contributed by atoms with Crippen molar-refractivity contribution in [2.75, 3.05) is 12.3 Å². The molecular formula is C13H15N3O2. The summed E-state index contributed by atoms with van der Waals surface area (Å²) >= 11 is 0. The molecule has 5 heteroatoms. The van der Waals surface area contributed by atoms with Gasteiger partial charge >= 0.3 is 5.97 Å². The van der Waals surface area contributed by atoms with Crippen LogP contribution in [0.2, 0.25) is 0 Å². The third kappa shape index (κ3) is 2.34. The number of hydrogen-bond donors (Lipinski definition) is 1. The summed E-state index contributed by atoms with van der Waals surface area (Å²) in [6, 6.07) is 5.53. The van der Waals surface area contributed by atoms with E-state index in [9.17, 15) is 4.79 Å². The van der Waals surface area contributed by atoms with Gasteiger partial charge in [-0.2, -0.15) is 5.10 Å². The molecule has 0 aliphatic carbocycles. The zero-order valence-corrected chi connectivity index (χ0v) is 10.4. The van der Waals surface area contributed by atoms with E-state index >= 15 is 0 Å². The van der Waals surface area contributed by atoms with Gasteiger partial charge in [-0.05, 0) is 37.6 Å². The lowest BCUT2D eigenvalue weighted by Gasteiger charge is -2.06. The van der Waals surface area contributed by atoms with Gasteiger partial charge < -0.3 is 10.5 Å². The number of carbonyl (C=O) groups is 1. The summed E-state index contributed by atoms with van der Waals surface area (Å²) in [4.78, 5) is 11.5. The molecule has 0 saturated heterocycles. The standard InChI is InChI=1S/C13H15N3O2/c1-3-18-13(17)10-7-15-16(8-10)12-5-4-11(14)6-9(12)2/h4-8H,3,14H2,1-2H3. The van der Waals surface area contributed by atoms with Crippen LogP contribution in [-0.4, -0.2) is 22.4 Å². The van der Waals surface area contributed by atoms with E-state index in [1.165, 1.54) is 6.20 Å². The molecule has 0 bridgehead atoms. The number of carbonyl (C=O) groups excluding carboxylic acids is 1. The van der Waals surface area contributed by atoms with Gasteiger partial charge in [0.2, 0.25) is 0 Å². The highest BCUT2D eigenvalue weighted by Crippen LogP contribution is 2.17. The molecule has 94 valence electrons. The largest absolute Gasteiger partial charge is 0.462 e. The molecule has 0 atom stereocenters. The van der Waals surface area contributed by atoms with Crippen molar-refractivity contribution in [3.63, 3.8) is 0 Å². The topological polar surface area (TPSA) is 70.1 Å². The molecule has 0 amide bonds. The van der Waals surface area contributed by atoms with Gasteiger partial charge in [0.25, 0.3) is 0 Å². The maximum Gasteiger partial charge on any atom is 0.341 e. The maximum absolute atomic E-state index is 11.5. The smallest absolute Gasteiger partial charge is 0.341 e. The Labute approximate surface area is 105 Å². The van der Waals surface area contributed by atoms with Gasteiger partial charge in [-0.3, -0.25) is 0 Å². The molecule has 2 N–H and O–H groups in total. The SMILES string of the molecule is CCOC(=O)c1cnn(-c2ccc(N)cc2C)c1. The first-order chi connectivity index (χ1) is 8.61. The summed E-state index contributed by atoms with van der Waals surface area (Å²) in [6.07, 6.45) is 3.14. The molecule has 0 radical (unpaired) electrons. The summed E-state index contributed by atoms with van der Waals surface area (Å²) in [5, 5.41) is 4.16. The second-order valence-corrected chi connectivity index (χ2v) is 3.94. The molecule has 0 aliphatic heterocycles. The Hall–Kier alpha value is -2.30. The Morgan fingerprint density at radius 3 is 2.94 bits per heavy atom. The Morgan fingerprint density at radius 1 is 1.50 bits per heavy atom. The van der Waals surface area contributed by atoms with Crippen LogP contribution in [0.4, 0.5) is 5.69 Å². The van der Waals surface area contributed by atoms with Crippen molar-refractivity contribution in [2.45, 2.75) is 13.8 Å². The number of rotatable bonds is 3. The van der Waals surface area contributed by atoms with Crippen LogP contribution in [0.1, 0.15) is 22.8 Å². The fourth-order valence-electron chi connectivity index (χ4n) is 1.71. The number of aryl methyl sites for hydroxylation is 1. The number of ether oxygens (including phenoxy) is 1. The molecule has 5 nitrogen and oxygen atoms in total. The van der Waals surface area contributed by atoms with Crippen LogP contribution in [0.5, 0.6) is 0 Å². The lowest BCUT2D eigenvalue weighted by molar-refractivity contribution is 0.0526. The van der Waals surface area contributed by atoms with Crippen molar-refractivity contribution >= 4 is 11.7 Å². The van der Waals surface area contributed by atoms with Crippen molar-refractivity contribution in [3.05, 3.63) is 41.7 Å². The summed E-state index contributed by atoms with van der Waals surface area (Å²) < 4.78 is 6.55. The number of esters is 1. The number of hydrogen-bond acceptors (Lipinski definition) is 4. The molecule has 2 rings (SSSR count). The minimum Gasteiger partial charge on any atom is -0.462 e. The fourth-order valence-corrected chi connectivity index (χ4v) is 1.71. The van der Waals surface area contributed by atoms with Gasteiger partial charge in [0.05, 0.1) is 24.1 Å². The zero-order chi connectivity index (χ0) is 13.1. The van der Waals surface area contributed by atoms with Gasteiger partial charge in [0.15, 0.2) is 0 Å². The number of benzene rings is 1. The number of nitrogen functional groups attached to an aromatic ring is 1. The van der Waals surface area contributed by atoms with Crippen LogP contribution in [-0.2, 0) is 4.74 Å². The minimum absolute atomic E-state index is 0.352. The van der Waals surface area contributed by atoms with Gasteiger partial charge in [0, 0.05) is 11.9 Å². The third-order valence-electron chi connectivity index (χ3n) is 2.56. The molecule has 1 aromatic heterocycles. The van der Waals surface area contributed by atoms with E-state index < -0.39 is 0 Å². The first-order valence-electron chi connectivity index (χ1n) is 5.70. The van der Waals surface area contributed by atoms with Crippen molar-refractivity contribution in [1.82, 2.24) is 9.78 Å². The fraction of sp³-hybridized carbons (Fsp3) is 0.231. The highest BCUT2D eigenvalue weighted by Gasteiger charge is 2.11. The Bertz CT molecular complexity index is 575. The van der Waals surface area contributed by atoms with E-state index in [2.05, 4.69) is 5.10 Å². The lowest BCUT2D eigenvalue weighted by atomic mass is 10.2. The van der Waals surface area contributed by atoms with Crippen molar-refractivity contribution in [3.8, 4) is 5.69 Å². The van der Waals surface area contributed by atoms with Crippen LogP contribution in [0.15, 0.2) is 30.6 Å². The molecule has 0 aliphatic rings. The predicted octanol–water partition coefficient (Wildman–Crippen LogP) is 1.94. The second-order valence-electron chi connectivity index (χ2n) is 3.94. The van der Waals surface area contributed by atoms with Crippen LogP contribution >= 0.6 is 0 Å². The zero-order valence-electron chi connectivity index (χ0n) is 10.4. The molecule has 1 aromatic carbocycles. The predicted molar refractivity (Wildman–Crippen MR) is 68.7 cm³/mol. The summed E-state index contributed by atoms with van der Waals surface area (Å²) in [7, 11) is 0. The van der Waals surface area contributed by atoms with Gasteiger partial charge in [-0.25, -0.2) is 9.48 Å². The van der Waals surface area contributed by atoms with Crippen LogP contribution < -0.4 is 5.73 Å².